The topological polar surface area (TPSA) is 59.8 Å². The molecule has 5 nitrogen and oxygen atoms in total. The maximum atomic E-state index is 12.4. The minimum Gasteiger partial charge on any atom is -0.326 e. The SMILES string of the molecule is Cc1ccc(Cl)cc1NC(=O)CCSc1nnc(-c2ccccc2)n1-c1ccccc1. The van der Waals surface area contributed by atoms with Crippen molar-refractivity contribution in [3.8, 4) is 17.1 Å². The van der Waals surface area contributed by atoms with Gasteiger partial charge in [-0.1, -0.05) is 78.0 Å². The number of thioether (sulfide) groups is 1. The van der Waals surface area contributed by atoms with Gasteiger partial charge in [0.1, 0.15) is 0 Å². The zero-order valence-corrected chi connectivity index (χ0v) is 18.5. The van der Waals surface area contributed by atoms with Crippen LogP contribution in [0.2, 0.25) is 5.02 Å². The Hall–Kier alpha value is -3.09. The van der Waals surface area contributed by atoms with Crippen LogP contribution in [-0.4, -0.2) is 26.4 Å². The van der Waals surface area contributed by atoms with Gasteiger partial charge in [-0.2, -0.15) is 0 Å². The van der Waals surface area contributed by atoms with Gasteiger partial charge in [0, 0.05) is 34.1 Å². The van der Waals surface area contributed by atoms with Gasteiger partial charge in [0.2, 0.25) is 5.91 Å². The minimum atomic E-state index is -0.0630. The van der Waals surface area contributed by atoms with Crippen LogP contribution in [0.4, 0.5) is 5.69 Å². The lowest BCUT2D eigenvalue weighted by atomic mass is 10.2. The Morgan fingerprint density at radius 2 is 1.71 bits per heavy atom. The van der Waals surface area contributed by atoms with E-state index in [1.54, 1.807) is 6.07 Å². The van der Waals surface area contributed by atoms with E-state index < -0.39 is 0 Å². The molecule has 0 fully saturated rings. The molecule has 3 aromatic carbocycles. The molecule has 0 spiro atoms. The summed E-state index contributed by atoms with van der Waals surface area (Å²) in [6.07, 6.45) is 0.346. The van der Waals surface area contributed by atoms with Crippen LogP contribution in [-0.2, 0) is 4.79 Å². The minimum absolute atomic E-state index is 0.0630. The van der Waals surface area contributed by atoms with Crippen molar-refractivity contribution in [2.45, 2.75) is 18.5 Å². The number of aryl methyl sites for hydroxylation is 1. The van der Waals surface area contributed by atoms with Crippen molar-refractivity contribution in [3.63, 3.8) is 0 Å². The van der Waals surface area contributed by atoms with Crippen molar-refractivity contribution >= 4 is 35.0 Å². The molecule has 1 heterocycles. The molecule has 31 heavy (non-hydrogen) atoms. The first-order valence-electron chi connectivity index (χ1n) is 9.87. The second kappa shape index (κ2) is 9.81. The molecule has 0 atom stereocenters. The number of anilines is 1. The quantitative estimate of drug-likeness (QED) is 0.351. The summed E-state index contributed by atoms with van der Waals surface area (Å²) in [5.41, 5.74) is 3.68. The monoisotopic (exact) mass is 448 g/mol. The first-order chi connectivity index (χ1) is 15.1. The summed E-state index contributed by atoms with van der Waals surface area (Å²) in [5, 5.41) is 13.1. The van der Waals surface area contributed by atoms with E-state index in [0.717, 1.165) is 33.5 Å². The fraction of sp³-hybridized carbons (Fsp3) is 0.125. The molecule has 1 aromatic heterocycles. The van der Waals surface area contributed by atoms with E-state index >= 15 is 0 Å². The Kier molecular flexibility index (Phi) is 6.70. The van der Waals surface area contributed by atoms with Crippen molar-refractivity contribution in [1.29, 1.82) is 0 Å². The van der Waals surface area contributed by atoms with Crippen LogP contribution in [0.1, 0.15) is 12.0 Å². The van der Waals surface area contributed by atoms with Crippen LogP contribution in [0, 0.1) is 6.92 Å². The van der Waals surface area contributed by atoms with Gasteiger partial charge in [-0.3, -0.25) is 9.36 Å². The van der Waals surface area contributed by atoms with Gasteiger partial charge in [0.15, 0.2) is 11.0 Å². The standard InChI is InChI=1S/C24H21ClN4OS/c1-17-12-13-19(25)16-21(17)26-22(30)14-15-31-24-28-27-23(18-8-4-2-5-9-18)29(24)20-10-6-3-7-11-20/h2-13,16H,14-15H2,1H3,(H,26,30). The number of nitrogens with one attached hydrogen (secondary N) is 1. The smallest absolute Gasteiger partial charge is 0.225 e. The van der Waals surface area contributed by atoms with Crippen LogP contribution in [0.3, 0.4) is 0 Å². The van der Waals surface area contributed by atoms with Crippen LogP contribution >= 0.6 is 23.4 Å². The van der Waals surface area contributed by atoms with Crippen molar-refractivity contribution in [1.82, 2.24) is 14.8 Å². The molecule has 7 heteroatoms. The Morgan fingerprint density at radius 1 is 1.00 bits per heavy atom. The second-order valence-corrected chi connectivity index (χ2v) is 8.45. The van der Waals surface area contributed by atoms with E-state index in [9.17, 15) is 4.79 Å². The van der Waals surface area contributed by atoms with Crippen LogP contribution < -0.4 is 5.32 Å². The highest BCUT2D eigenvalue weighted by Gasteiger charge is 2.16. The highest BCUT2D eigenvalue weighted by molar-refractivity contribution is 7.99. The first-order valence-corrected chi connectivity index (χ1v) is 11.2. The number of para-hydroxylation sites is 1. The summed E-state index contributed by atoms with van der Waals surface area (Å²) < 4.78 is 2.03. The van der Waals surface area contributed by atoms with Gasteiger partial charge >= 0.3 is 0 Å². The molecular formula is C24H21ClN4OS. The Bertz CT molecular complexity index is 1180. The molecule has 0 aliphatic rings. The molecule has 1 N–H and O–H groups in total. The summed E-state index contributed by atoms with van der Waals surface area (Å²) >= 11 is 7.55. The summed E-state index contributed by atoms with van der Waals surface area (Å²) in [7, 11) is 0. The highest BCUT2D eigenvalue weighted by atomic mass is 35.5. The zero-order chi connectivity index (χ0) is 21.6. The molecule has 0 bridgehead atoms. The van der Waals surface area contributed by atoms with Crippen molar-refractivity contribution < 1.29 is 4.79 Å². The molecule has 0 aliphatic carbocycles. The first kappa shape index (κ1) is 21.2. The molecule has 4 aromatic rings. The predicted octanol–water partition coefficient (Wildman–Crippen LogP) is 6.02. The second-order valence-electron chi connectivity index (χ2n) is 6.95. The molecule has 0 saturated heterocycles. The lowest BCUT2D eigenvalue weighted by Gasteiger charge is -2.11. The van der Waals surface area contributed by atoms with Gasteiger partial charge in [-0.05, 0) is 36.8 Å². The number of hydrogen-bond acceptors (Lipinski definition) is 4. The summed E-state index contributed by atoms with van der Waals surface area (Å²) in [6.45, 7) is 1.94. The molecule has 4 rings (SSSR count). The van der Waals surface area contributed by atoms with Crippen molar-refractivity contribution in [2.75, 3.05) is 11.1 Å². The predicted molar refractivity (Wildman–Crippen MR) is 127 cm³/mol. The van der Waals surface area contributed by atoms with Gasteiger partial charge in [-0.15, -0.1) is 10.2 Å². The van der Waals surface area contributed by atoms with Crippen LogP contribution in [0.15, 0.2) is 84.0 Å². The number of carbonyl (C=O) groups is 1. The van der Waals surface area contributed by atoms with E-state index in [-0.39, 0.29) is 5.91 Å². The third kappa shape index (κ3) is 5.16. The number of rotatable bonds is 7. The normalized spacial score (nSPS) is 10.8. The largest absolute Gasteiger partial charge is 0.326 e. The van der Waals surface area contributed by atoms with Gasteiger partial charge in [-0.25, -0.2) is 0 Å². The molecule has 156 valence electrons. The van der Waals surface area contributed by atoms with Crippen molar-refractivity contribution in [3.05, 3.63) is 89.4 Å². The van der Waals surface area contributed by atoms with Gasteiger partial charge in [0.05, 0.1) is 0 Å². The highest BCUT2D eigenvalue weighted by Crippen LogP contribution is 2.28. The number of nitrogens with zero attached hydrogens (tertiary/aromatic N) is 3. The maximum absolute atomic E-state index is 12.4. The van der Waals surface area contributed by atoms with E-state index in [2.05, 4.69) is 15.5 Å². The average Bonchev–Trinajstić information content (AvgIpc) is 3.21. The Balaban J connectivity index is 1.49. The third-order valence-electron chi connectivity index (χ3n) is 4.71. The summed E-state index contributed by atoms with van der Waals surface area (Å²) in [4.78, 5) is 12.4. The van der Waals surface area contributed by atoms with E-state index in [0.29, 0.717) is 17.2 Å². The molecule has 0 unspecified atom stereocenters. The van der Waals surface area contributed by atoms with E-state index in [1.807, 2.05) is 84.3 Å². The zero-order valence-electron chi connectivity index (χ0n) is 17.0. The fourth-order valence-electron chi connectivity index (χ4n) is 3.12. The lowest BCUT2D eigenvalue weighted by molar-refractivity contribution is -0.115. The maximum Gasteiger partial charge on any atom is 0.225 e. The molecule has 0 aliphatic heterocycles. The van der Waals surface area contributed by atoms with Crippen LogP contribution in [0.25, 0.3) is 17.1 Å². The number of benzene rings is 3. The Morgan fingerprint density at radius 3 is 2.45 bits per heavy atom. The molecule has 1 amide bonds. The van der Waals surface area contributed by atoms with Gasteiger partial charge in [0.25, 0.3) is 0 Å². The van der Waals surface area contributed by atoms with Gasteiger partial charge < -0.3 is 5.32 Å². The number of halogens is 1. The summed E-state index contributed by atoms with van der Waals surface area (Å²) in [5.74, 6) is 1.28. The molecular weight excluding hydrogens is 428 g/mol. The third-order valence-corrected chi connectivity index (χ3v) is 5.88. The van der Waals surface area contributed by atoms with E-state index in [4.69, 9.17) is 11.6 Å². The number of carbonyl (C=O) groups excluding carboxylic acids is 1. The van der Waals surface area contributed by atoms with E-state index in [1.165, 1.54) is 11.8 Å². The average molecular weight is 449 g/mol. The molecule has 0 saturated carbocycles. The van der Waals surface area contributed by atoms with Crippen LogP contribution in [0.5, 0.6) is 0 Å². The Labute approximate surface area is 190 Å². The summed E-state index contributed by atoms with van der Waals surface area (Å²) in [6, 6.07) is 25.4. The number of aromatic nitrogens is 3. The number of amides is 1. The molecule has 0 radical (unpaired) electrons. The number of hydrogen-bond donors (Lipinski definition) is 1. The van der Waals surface area contributed by atoms with Crippen molar-refractivity contribution in [2.24, 2.45) is 0 Å². The fourth-order valence-corrected chi connectivity index (χ4v) is 4.19. The lowest BCUT2D eigenvalue weighted by Crippen LogP contribution is -2.13.